The molecule has 8 fully saturated rings. The highest BCUT2D eigenvalue weighted by molar-refractivity contribution is 5.65. The first-order chi connectivity index (χ1) is 30.6. The predicted molar refractivity (Wildman–Crippen MR) is 224 cm³/mol. The summed E-state index contributed by atoms with van der Waals surface area (Å²) in [6, 6.07) is 0. The number of carbonyl (C=O) groups excluding carboxylic acids is 1. The molecule has 5 saturated heterocycles. The van der Waals surface area contributed by atoms with Crippen LogP contribution in [-0.4, -0.2) is 176 Å². The Labute approximate surface area is 380 Å². The Hall–Kier alpha value is -1.43. The number of hydrogen-bond acceptors (Lipinski definition) is 18. The predicted octanol–water partition coefficient (Wildman–Crippen LogP) is 0.927. The zero-order valence-corrected chi connectivity index (χ0v) is 38.7. The van der Waals surface area contributed by atoms with Crippen LogP contribution >= 0.6 is 0 Å². The fourth-order valence-electron chi connectivity index (χ4n) is 14.1. The first-order valence-electron chi connectivity index (χ1n) is 24.2. The Morgan fingerprint density at radius 2 is 1.38 bits per heavy atom. The molecule has 18 heteroatoms. The van der Waals surface area contributed by atoms with Crippen LogP contribution in [0, 0.1) is 40.4 Å². The molecule has 3 saturated carbocycles. The van der Waals surface area contributed by atoms with Gasteiger partial charge in [-0.1, -0.05) is 39.3 Å². The number of aliphatic hydroxyl groups is 8. The molecule has 8 N–H and O–H groups in total. The van der Waals surface area contributed by atoms with Gasteiger partial charge in [-0.25, -0.2) is 0 Å². The summed E-state index contributed by atoms with van der Waals surface area (Å²) >= 11 is 0. The summed E-state index contributed by atoms with van der Waals surface area (Å²) in [5, 5.41) is 89.0. The minimum absolute atomic E-state index is 0.145. The average Bonchev–Trinajstić information content (AvgIpc) is 3.63. The van der Waals surface area contributed by atoms with Crippen molar-refractivity contribution in [1.29, 1.82) is 0 Å². The maximum Gasteiger partial charge on any atom is 0.302 e. The van der Waals surface area contributed by atoms with Crippen LogP contribution in [0.25, 0.3) is 0 Å². The first-order valence-corrected chi connectivity index (χ1v) is 24.2. The number of carbonyl (C=O) groups is 1. The summed E-state index contributed by atoms with van der Waals surface area (Å²) in [6.45, 7) is 13.4. The van der Waals surface area contributed by atoms with Crippen molar-refractivity contribution in [3.8, 4) is 0 Å². The monoisotopic (exact) mass is 926 g/mol. The molecule has 26 atom stereocenters. The van der Waals surface area contributed by atoms with Crippen molar-refractivity contribution in [2.75, 3.05) is 13.2 Å². The second-order valence-electron chi connectivity index (χ2n) is 21.8. The SMILES string of the molecule is CC(=O)OC[C@H]1O[C@@H](O[C@H]2CC[C@@]3(C)C(=CC[C@@H]4[C@@H]3CC[C@@]3(C)[C@H]4C[C@@H]4O[C@@]5(CC[C@@H](C)CO5)[C@@H](C)[C@@]43O)C2)[C@H](O[C@@H]2O[C@@H](C)[C@H](O)[C@@H](O)[C@H]2O)[C@@H](O[C@@H]2O[C@@H](C)[C@H](O)[C@@H](O)[C@H]2O)[C@@H]1O. The number of aliphatic hydroxyl groups excluding tert-OH is 7. The Bertz CT molecular complexity index is 1760. The van der Waals surface area contributed by atoms with Crippen molar-refractivity contribution in [3.63, 3.8) is 0 Å². The molecule has 0 unspecified atom stereocenters. The van der Waals surface area contributed by atoms with E-state index in [9.17, 15) is 45.6 Å². The molecule has 0 aromatic rings. The van der Waals surface area contributed by atoms with Gasteiger partial charge in [0.25, 0.3) is 0 Å². The highest BCUT2D eigenvalue weighted by Crippen LogP contribution is 2.72. The molecule has 370 valence electrons. The third kappa shape index (κ3) is 7.89. The summed E-state index contributed by atoms with van der Waals surface area (Å²) in [5.41, 5.74) is -0.201. The molecule has 5 heterocycles. The molecule has 5 aliphatic heterocycles. The van der Waals surface area contributed by atoms with Crippen molar-refractivity contribution in [2.45, 2.75) is 222 Å². The second-order valence-corrected chi connectivity index (χ2v) is 21.8. The molecule has 18 nitrogen and oxygen atoms in total. The summed E-state index contributed by atoms with van der Waals surface area (Å²) in [6.07, 6.45) is -13.4. The lowest BCUT2D eigenvalue weighted by molar-refractivity contribution is -0.393. The van der Waals surface area contributed by atoms with Crippen molar-refractivity contribution in [1.82, 2.24) is 0 Å². The quantitative estimate of drug-likeness (QED) is 0.124. The van der Waals surface area contributed by atoms with E-state index in [4.69, 9.17) is 42.6 Å². The van der Waals surface area contributed by atoms with Gasteiger partial charge in [-0.3, -0.25) is 4.79 Å². The van der Waals surface area contributed by atoms with E-state index in [0.717, 1.165) is 44.9 Å². The molecule has 0 bridgehead atoms. The van der Waals surface area contributed by atoms with Gasteiger partial charge in [-0.2, -0.15) is 0 Å². The highest BCUT2D eigenvalue weighted by Gasteiger charge is 2.76. The van der Waals surface area contributed by atoms with Crippen LogP contribution in [0.3, 0.4) is 0 Å². The van der Waals surface area contributed by atoms with E-state index in [-0.39, 0.29) is 28.8 Å². The third-order valence-corrected chi connectivity index (χ3v) is 18.2. The topological polar surface area (TPSA) is 262 Å². The van der Waals surface area contributed by atoms with Gasteiger partial charge in [0.1, 0.15) is 73.2 Å². The molecular weight excluding hydrogens is 852 g/mol. The lowest BCUT2D eigenvalue weighted by Crippen LogP contribution is -2.67. The van der Waals surface area contributed by atoms with E-state index in [1.54, 1.807) is 0 Å². The van der Waals surface area contributed by atoms with E-state index < -0.39 is 122 Å². The lowest BCUT2D eigenvalue weighted by atomic mass is 9.46. The summed E-state index contributed by atoms with van der Waals surface area (Å²) < 4.78 is 55.9. The smallest absolute Gasteiger partial charge is 0.302 e. The molecule has 0 radical (unpaired) electrons. The minimum Gasteiger partial charge on any atom is -0.463 e. The Balaban J connectivity index is 0.964. The van der Waals surface area contributed by atoms with Gasteiger partial charge in [0, 0.05) is 24.7 Å². The van der Waals surface area contributed by atoms with Gasteiger partial charge in [0.05, 0.1) is 31.0 Å². The molecule has 9 aliphatic rings. The maximum atomic E-state index is 12.9. The normalized spacial score (nSPS) is 56.6. The van der Waals surface area contributed by atoms with Crippen LogP contribution in [0.1, 0.15) is 106 Å². The third-order valence-electron chi connectivity index (χ3n) is 18.2. The number of rotatable bonds is 8. The highest BCUT2D eigenvalue weighted by atomic mass is 16.8. The van der Waals surface area contributed by atoms with Crippen LogP contribution in [-0.2, 0) is 47.4 Å². The van der Waals surface area contributed by atoms with E-state index in [0.29, 0.717) is 37.2 Å². The molecule has 4 aliphatic carbocycles. The Kier molecular flexibility index (Phi) is 13.3. The molecule has 0 aromatic heterocycles. The molecule has 65 heavy (non-hydrogen) atoms. The van der Waals surface area contributed by atoms with Crippen LogP contribution in [0.4, 0.5) is 0 Å². The molecule has 0 amide bonds. The van der Waals surface area contributed by atoms with Crippen molar-refractivity contribution < 1.29 is 88.3 Å². The van der Waals surface area contributed by atoms with Crippen LogP contribution in [0.15, 0.2) is 11.6 Å². The minimum atomic E-state index is -1.78. The Morgan fingerprint density at radius 1 is 0.738 bits per heavy atom. The van der Waals surface area contributed by atoms with Gasteiger partial charge >= 0.3 is 5.97 Å². The molecule has 9 rings (SSSR count). The standard InChI is InChI=1S/C47H74O18/c1-20-10-15-46(58-18-20)23(4)47(56)31(65-46)17-29-27-9-8-25-16-26(11-13-44(25,6)28(27)12-14-45(29,47)7)61-43-40(64-42-38(55)36(53)33(50)22(3)60-42)39(34(51)30(62-43)19-57-24(5)48)63-41-37(54)35(52)32(49)21(2)59-41/h8,20-23,26-43,49-56H,9-19H2,1-7H3/t20-,21+,22+,23-,26+,27-,28+,29+,30-,31+,32+,33+,34-,35-,36-,37-,38-,39+,40-,41+,42+,43-,44+,45+,46+,47-/m1/s1. The van der Waals surface area contributed by atoms with Crippen LogP contribution in [0.5, 0.6) is 0 Å². The van der Waals surface area contributed by atoms with E-state index in [2.05, 4.69) is 33.8 Å². The molecular formula is C47H74O18. The zero-order chi connectivity index (χ0) is 46.7. The second kappa shape index (κ2) is 17.8. The van der Waals surface area contributed by atoms with E-state index in [1.807, 2.05) is 0 Å². The van der Waals surface area contributed by atoms with Crippen molar-refractivity contribution in [3.05, 3.63) is 11.6 Å². The summed E-state index contributed by atoms with van der Waals surface area (Å²) in [5.74, 6) is -0.0664. The fraction of sp³-hybridized carbons (Fsp3) is 0.936. The number of allylic oxidation sites excluding steroid dienone is 1. The maximum absolute atomic E-state index is 12.9. The number of hydrogen-bond donors (Lipinski definition) is 8. The van der Waals surface area contributed by atoms with Crippen molar-refractivity contribution in [2.24, 2.45) is 40.4 Å². The van der Waals surface area contributed by atoms with Gasteiger partial charge in [0.2, 0.25) is 0 Å². The zero-order valence-electron chi connectivity index (χ0n) is 38.7. The van der Waals surface area contributed by atoms with Gasteiger partial charge in [-0.15, -0.1) is 0 Å². The summed E-state index contributed by atoms with van der Waals surface area (Å²) in [4.78, 5) is 12.0. The van der Waals surface area contributed by atoms with Gasteiger partial charge < -0.3 is 83.5 Å². The Morgan fingerprint density at radius 3 is 2.00 bits per heavy atom. The number of fused-ring (bicyclic) bond motifs is 7. The molecule has 1 spiro atoms. The van der Waals surface area contributed by atoms with Crippen LogP contribution < -0.4 is 0 Å². The van der Waals surface area contributed by atoms with Crippen molar-refractivity contribution >= 4 is 5.97 Å². The largest absolute Gasteiger partial charge is 0.463 e. The number of ether oxygens (including phenoxy) is 9. The van der Waals surface area contributed by atoms with Gasteiger partial charge in [0.15, 0.2) is 24.7 Å². The first kappa shape index (κ1) is 48.6. The van der Waals surface area contributed by atoms with Gasteiger partial charge in [-0.05, 0) is 94.3 Å². The lowest BCUT2D eigenvalue weighted by Gasteiger charge is -2.60. The van der Waals surface area contributed by atoms with E-state index in [1.165, 1.54) is 26.3 Å². The molecule has 0 aromatic carbocycles. The van der Waals surface area contributed by atoms with Crippen LogP contribution in [0.2, 0.25) is 0 Å². The number of esters is 1. The summed E-state index contributed by atoms with van der Waals surface area (Å²) in [7, 11) is 0. The van der Waals surface area contributed by atoms with E-state index >= 15 is 0 Å². The fourth-order valence-corrected chi connectivity index (χ4v) is 14.1. The average molecular weight is 927 g/mol.